The first-order valence-electron chi connectivity index (χ1n) is 6.19. The number of nitrogens with one attached hydrogen (secondary N) is 1. The molecule has 0 spiro atoms. The van der Waals surface area contributed by atoms with Crippen molar-refractivity contribution in [1.29, 1.82) is 0 Å². The summed E-state index contributed by atoms with van der Waals surface area (Å²) < 4.78 is 5.51. The molecule has 0 saturated heterocycles. The van der Waals surface area contributed by atoms with Crippen LogP contribution >= 0.6 is 0 Å². The Morgan fingerprint density at radius 3 is 2.71 bits per heavy atom. The van der Waals surface area contributed by atoms with Crippen LogP contribution in [-0.2, 0) is 11.3 Å². The number of ether oxygens (including phenoxy) is 1. The highest BCUT2D eigenvalue weighted by atomic mass is 16.5. The average molecular weight is 233 g/mol. The van der Waals surface area contributed by atoms with Gasteiger partial charge in [0.25, 0.3) is 0 Å². The highest BCUT2D eigenvalue weighted by Crippen LogP contribution is 2.20. The minimum atomic E-state index is 0.476. The highest BCUT2D eigenvalue weighted by Gasteiger charge is 2.07. The van der Waals surface area contributed by atoms with Gasteiger partial charge in [0.15, 0.2) is 0 Å². The summed E-state index contributed by atoms with van der Waals surface area (Å²) in [5.74, 6) is 0.761. The van der Waals surface area contributed by atoms with Gasteiger partial charge < -0.3 is 10.1 Å². The molecule has 0 radical (unpaired) electrons. The second-order valence-electron chi connectivity index (χ2n) is 4.55. The summed E-state index contributed by atoms with van der Waals surface area (Å²) in [5.41, 5.74) is 3.58. The van der Waals surface area contributed by atoms with E-state index in [0.29, 0.717) is 12.6 Å². The van der Waals surface area contributed by atoms with E-state index in [0.717, 1.165) is 17.9 Å². The van der Waals surface area contributed by atoms with Crippen LogP contribution in [0.15, 0.2) is 24.8 Å². The third kappa shape index (κ3) is 4.23. The molecule has 0 atom stereocenters. The Morgan fingerprint density at radius 1 is 1.41 bits per heavy atom. The number of hydrogen-bond acceptors (Lipinski definition) is 2. The van der Waals surface area contributed by atoms with Crippen molar-refractivity contribution in [2.75, 3.05) is 6.61 Å². The molecule has 0 heterocycles. The third-order valence-electron chi connectivity index (χ3n) is 2.59. The van der Waals surface area contributed by atoms with E-state index in [-0.39, 0.29) is 0 Å². The Hall–Kier alpha value is -1.28. The van der Waals surface area contributed by atoms with E-state index in [9.17, 15) is 0 Å². The Bertz CT molecular complexity index is 383. The van der Waals surface area contributed by atoms with Crippen LogP contribution in [0.3, 0.4) is 0 Å². The maximum Gasteiger partial charge on any atom is 0.119 e. The molecule has 2 heteroatoms. The maximum atomic E-state index is 5.51. The number of benzene rings is 1. The first kappa shape index (κ1) is 13.8. The van der Waals surface area contributed by atoms with Crippen molar-refractivity contribution >= 4 is 5.76 Å². The smallest absolute Gasteiger partial charge is 0.119 e. The number of aryl methyl sites for hydroxylation is 1. The van der Waals surface area contributed by atoms with Crippen molar-refractivity contribution in [3.63, 3.8) is 0 Å². The summed E-state index contributed by atoms with van der Waals surface area (Å²) in [7, 11) is 0. The Kier molecular flexibility index (Phi) is 5.23. The summed E-state index contributed by atoms with van der Waals surface area (Å²) in [4.78, 5) is 0. The van der Waals surface area contributed by atoms with E-state index >= 15 is 0 Å². The zero-order chi connectivity index (χ0) is 12.8. The fraction of sp³-hybridized carbons (Fsp3) is 0.467. The molecular formula is C15H23NO. The highest BCUT2D eigenvalue weighted by molar-refractivity contribution is 5.62. The van der Waals surface area contributed by atoms with Gasteiger partial charge in [0.05, 0.1) is 6.61 Å². The van der Waals surface area contributed by atoms with Gasteiger partial charge >= 0.3 is 0 Å². The van der Waals surface area contributed by atoms with Gasteiger partial charge in [0.2, 0.25) is 0 Å². The van der Waals surface area contributed by atoms with Crippen molar-refractivity contribution in [3.8, 4) is 0 Å². The quantitative estimate of drug-likeness (QED) is 0.759. The zero-order valence-corrected chi connectivity index (χ0v) is 11.3. The Labute approximate surface area is 105 Å². The van der Waals surface area contributed by atoms with Crippen molar-refractivity contribution in [1.82, 2.24) is 5.32 Å². The van der Waals surface area contributed by atoms with Crippen LogP contribution in [0.4, 0.5) is 0 Å². The van der Waals surface area contributed by atoms with Crippen LogP contribution in [0, 0.1) is 6.92 Å². The number of rotatable bonds is 6. The minimum Gasteiger partial charge on any atom is -0.494 e. The minimum absolute atomic E-state index is 0.476. The standard InChI is InChI=1S/C15H23NO/c1-6-17-13(5)15-9-12(4)7-8-14(15)10-16-11(2)3/h7-9,11,16H,5-6,10H2,1-4H3. The van der Waals surface area contributed by atoms with E-state index in [1.54, 1.807) is 0 Å². The summed E-state index contributed by atoms with van der Waals surface area (Å²) in [6.07, 6.45) is 0. The summed E-state index contributed by atoms with van der Waals surface area (Å²) >= 11 is 0. The van der Waals surface area contributed by atoms with Gasteiger partial charge in [-0.05, 0) is 25.5 Å². The molecule has 1 aromatic carbocycles. The predicted molar refractivity (Wildman–Crippen MR) is 73.8 cm³/mol. The molecule has 94 valence electrons. The second-order valence-corrected chi connectivity index (χ2v) is 4.55. The van der Waals surface area contributed by atoms with Gasteiger partial charge in [-0.25, -0.2) is 0 Å². The largest absolute Gasteiger partial charge is 0.494 e. The van der Waals surface area contributed by atoms with Crippen LogP contribution in [0.1, 0.15) is 37.5 Å². The van der Waals surface area contributed by atoms with Crippen LogP contribution in [0.5, 0.6) is 0 Å². The molecule has 0 saturated carbocycles. The fourth-order valence-corrected chi connectivity index (χ4v) is 1.67. The lowest BCUT2D eigenvalue weighted by molar-refractivity contribution is 0.298. The molecule has 1 N–H and O–H groups in total. The van der Waals surface area contributed by atoms with Crippen molar-refractivity contribution in [3.05, 3.63) is 41.5 Å². The van der Waals surface area contributed by atoms with Crippen molar-refractivity contribution < 1.29 is 4.74 Å². The lowest BCUT2D eigenvalue weighted by Crippen LogP contribution is -2.22. The van der Waals surface area contributed by atoms with E-state index in [4.69, 9.17) is 4.74 Å². The fourth-order valence-electron chi connectivity index (χ4n) is 1.67. The molecule has 17 heavy (non-hydrogen) atoms. The molecule has 0 aromatic heterocycles. The molecule has 1 aromatic rings. The van der Waals surface area contributed by atoms with Crippen LogP contribution in [0.25, 0.3) is 5.76 Å². The predicted octanol–water partition coefficient (Wildman–Crippen LogP) is 3.50. The van der Waals surface area contributed by atoms with Gasteiger partial charge in [-0.2, -0.15) is 0 Å². The molecule has 0 fully saturated rings. The van der Waals surface area contributed by atoms with Crippen molar-refractivity contribution in [2.45, 2.75) is 40.3 Å². The third-order valence-corrected chi connectivity index (χ3v) is 2.59. The molecule has 0 unspecified atom stereocenters. The van der Waals surface area contributed by atoms with Gasteiger partial charge in [-0.1, -0.05) is 38.1 Å². The molecule has 2 nitrogen and oxygen atoms in total. The van der Waals surface area contributed by atoms with Gasteiger partial charge in [-0.15, -0.1) is 0 Å². The van der Waals surface area contributed by atoms with Crippen LogP contribution < -0.4 is 5.32 Å². The molecule has 0 bridgehead atoms. The van der Waals surface area contributed by atoms with Crippen molar-refractivity contribution in [2.24, 2.45) is 0 Å². The second kappa shape index (κ2) is 6.45. The average Bonchev–Trinajstić information content (AvgIpc) is 2.27. The topological polar surface area (TPSA) is 21.3 Å². The van der Waals surface area contributed by atoms with Crippen LogP contribution in [-0.4, -0.2) is 12.6 Å². The van der Waals surface area contributed by atoms with Crippen LogP contribution in [0.2, 0.25) is 0 Å². The first-order chi connectivity index (χ1) is 8.04. The number of hydrogen-bond donors (Lipinski definition) is 1. The SMILES string of the molecule is C=C(OCC)c1cc(C)ccc1CNC(C)C. The van der Waals surface area contributed by atoms with E-state index in [1.807, 2.05) is 6.92 Å². The van der Waals surface area contributed by atoms with E-state index in [2.05, 4.69) is 50.9 Å². The monoisotopic (exact) mass is 233 g/mol. The van der Waals surface area contributed by atoms with Gasteiger partial charge in [0, 0.05) is 18.2 Å². The van der Waals surface area contributed by atoms with Gasteiger partial charge in [0.1, 0.15) is 5.76 Å². The van der Waals surface area contributed by atoms with Gasteiger partial charge in [-0.3, -0.25) is 0 Å². The first-order valence-corrected chi connectivity index (χ1v) is 6.19. The summed E-state index contributed by atoms with van der Waals surface area (Å²) in [6, 6.07) is 6.88. The molecule has 0 aliphatic carbocycles. The zero-order valence-electron chi connectivity index (χ0n) is 11.3. The maximum absolute atomic E-state index is 5.51. The summed E-state index contributed by atoms with van der Waals surface area (Å²) in [5, 5.41) is 3.42. The van der Waals surface area contributed by atoms with E-state index in [1.165, 1.54) is 11.1 Å². The lowest BCUT2D eigenvalue weighted by Gasteiger charge is -2.15. The Morgan fingerprint density at radius 2 is 2.12 bits per heavy atom. The Balaban J connectivity index is 2.91. The molecule has 1 rings (SSSR count). The molecular weight excluding hydrogens is 210 g/mol. The summed E-state index contributed by atoms with van der Waals surface area (Å²) in [6.45, 7) is 13.8. The molecule has 0 aliphatic heterocycles. The molecule has 0 amide bonds. The lowest BCUT2D eigenvalue weighted by atomic mass is 10.0. The molecule has 0 aliphatic rings. The normalized spacial score (nSPS) is 10.6. The van der Waals surface area contributed by atoms with E-state index < -0.39 is 0 Å².